The van der Waals surface area contributed by atoms with Gasteiger partial charge in [-0.3, -0.25) is 4.79 Å². The number of ketones is 1. The zero-order chi connectivity index (χ0) is 15.4. The van der Waals surface area contributed by atoms with Gasteiger partial charge in [-0.25, -0.2) is 4.79 Å². The molecule has 0 atom stereocenters. The van der Waals surface area contributed by atoms with Gasteiger partial charge in [0, 0.05) is 0 Å². The fourth-order valence-electron chi connectivity index (χ4n) is 1.74. The highest BCUT2D eigenvalue weighted by molar-refractivity contribution is 6.21. The minimum atomic E-state index is -0.569. The van der Waals surface area contributed by atoms with E-state index in [4.69, 9.17) is 9.57 Å². The maximum absolute atomic E-state index is 11.9. The van der Waals surface area contributed by atoms with E-state index in [0.717, 1.165) is 0 Å². The first-order valence-electron chi connectivity index (χ1n) is 6.36. The molecule has 5 nitrogen and oxygen atoms in total. The zero-order valence-corrected chi connectivity index (χ0v) is 12.0. The standard InChI is InChI=1S/C16H15NO4/c1-10-9-15(18)11(2)8-14(10)17-21-16(19)12-4-6-13(20-3)7-5-12/h4-9H,1-3H3/b17-14-. The van der Waals surface area contributed by atoms with Gasteiger partial charge < -0.3 is 9.57 Å². The Morgan fingerprint density at radius 2 is 1.71 bits per heavy atom. The minimum Gasteiger partial charge on any atom is -0.497 e. The predicted molar refractivity (Wildman–Crippen MR) is 78.4 cm³/mol. The van der Waals surface area contributed by atoms with Crippen LogP contribution in [0.1, 0.15) is 24.2 Å². The molecule has 0 fully saturated rings. The molecule has 0 N–H and O–H groups in total. The Balaban J connectivity index is 2.11. The molecule has 0 aromatic heterocycles. The summed E-state index contributed by atoms with van der Waals surface area (Å²) in [5, 5.41) is 3.81. The van der Waals surface area contributed by atoms with Crippen LogP contribution in [0.25, 0.3) is 0 Å². The Morgan fingerprint density at radius 1 is 1.05 bits per heavy atom. The molecule has 0 amide bonds. The van der Waals surface area contributed by atoms with Gasteiger partial charge in [-0.1, -0.05) is 5.16 Å². The Bertz CT molecular complexity index is 666. The van der Waals surface area contributed by atoms with Crippen LogP contribution >= 0.6 is 0 Å². The molecule has 1 aromatic carbocycles. The average Bonchev–Trinajstić information content (AvgIpc) is 2.49. The van der Waals surface area contributed by atoms with Gasteiger partial charge >= 0.3 is 5.97 Å². The maximum atomic E-state index is 11.9. The fraction of sp³-hybridized carbons (Fsp3) is 0.188. The van der Waals surface area contributed by atoms with Gasteiger partial charge in [0.05, 0.1) is 12.7 Å². The van der Waals surface area contributed by atoms with Gasteiger partial charge in [-0.15, -0.1) is 0 Å². The second-order valence-corrected chi connectivity index (χ2v) is 4.60. The maximum Gasteiger partial charge on any atom is 0.365 e. The Morgan fingerprint density at radius 3 is 2.33 bits per heavy atom. The third kappa shape index (κ3) is 3.45. The Kier molecular flexibility index (Phi) is 4.33. The highest BCUT2D eigenvalue weighted by atomic mass is 16.7. The van der Waals surface area contributed by atoms with Gasteiger partial charge in [0.2, 0.25) is 0 Å². The van der Waals surface area contributed by atoms with Crippen molar-refractivity contribution in [2.75, 3.05) is 7.11 Å². The molecule has 1 aliphatic carbocycles. The second-order valence-electron chi connectivity index (χ2n) is 4.60. The SMILES string of the molecule is COc1ccc(C(=O)O/N=C2/C=C(C)C(=O)C=C2C)cc1. The van der Waals surface area contributed by atoms with Gasteiger partial charge in [-0.2, -0.15) is 0 Å². The third-order valence-corrected chi connectivity index (χ3v) is 3.05. The highest BCUT2D eigenvalue weighted by Gasteiger charge is 2.14. The van der Waals surface area contributed by atoms with Crippen LogP contribution in [-0.2, 0) is 9.63 Å². The van der Waals surface area contributed by atoms with Crippen LogP contribution in [0.3, 0.4) is 0 Å². The van der Waals surface area contributed by atoms with Gasteiger partial charge in [-0.05, 0) is 61.4 Å². The van der Waals surface area contributed by atoms with Crippen LogP contribution in [-0.4, -0.2) is 24.6 Å². The van der Waals surface area contributed by atoms with E-state index >= 15 is 0 Å². The lowest BCUT2D eigenvalue weighted by Gasteiger charge is -2.08. The molecular formula is C16H15NO4. The number of carbonyl (C=O) groups is 2. The zero-order valence-electron chi connectivity index (χ0n) is 12.0. The van der Waals surface area contributed by atoms with E-state index in [2.05, 4.69) is 5.16 Å². The van der Waals surface area contributed by atoms with Crippen LogP contribution in [0.2, 0.25) is 0 Å². The van der Waals surface area contributed by atoms with Crippen LogP contribution in [0.4, 0.5) is 0 Å². The van der Waals surface area contributed by atoms with Crippen molar-refractivity contribution in [1.82, 2.24) is 0 Å². The van der Waals surface area contributed by atoms with Gasteiger partial charge in [0.15, 0.2) is 5.78 Å². The molecule has 5 heteroatoms. The molecule has 0 saturated carbocycles. The molecule has 0 aliphatic heterocycles. The van der Waals surface area contributed by atoms with Crippen molar-refractivity contribution < 1.29 is 19.2 Å². The molecule has 108 valence electrons. The summed E-state index contributed by atoms with van der Waals surface area (Å²) in [4.78, 5) is 28.2. The summed E-state index contributed by atoms with van der Waals surface area (Å²) < 4.78 is 5.01. The topological polar surface area (TPSA) is 65.0 Å². The lowest BCUT2D eigenvalue weighted by atomic mass is 9.99. The first-order valence-corrected chi connectivity index (χ1v) is 6.36. The molecule has 0 unspecified atom stereocenters. The molecule has 0 spiro atoms. The number of nitrogens with zero attached hydrogens (tertiary/aromatic N) is 1. The van der Waals surface area contributed by atoms with E-state index in [0.29, 0.717) is 28.2 Å². The fourth-order valence-corrected chi connectivity index (χ4v) is 1.74. The van der Waals surface area contributed by atoms with Crippen LogP contribution in [0, 0.1) is 0 Å². The van der Waals surface area contributed by atoms with E-state index in [1.54, 1.807) is 51.3 Å². The van der Waals surface area contributed by atoms with Gasteiger partial charge in [0.1, 0.15) is 11.5 Å². The molecule has 2 rings (SSSR count). The number of carbonyl (C=O) groups excluding carboxylic acids is 2. The molecule has 0 bridgehead atoms. The largest absolute Gasteiger partial charge is 0.497 e. The number of hydrogen-bond donors (Lipinski definition) is 0. The summed E-state index contributed by atoms with van der Waals surface area (Å²) in [7, 11) is 1.55. The van der Waals surface area contributed by atoms with Crippen molar-refractivity contribution in [3.05, 3.63) is 53.1 Å². The van der Waals surface area contributed by atoms with E-state index in [9.17, 15) is 9.59 Å². The molecule has 1 aromatic rings. The minimum absolute atomic E-state index is 0.0621. The number of rotatable bonds is 3. The van der Waals surface area contributed by atoms with Crippen molar-refractivity contribution in [2.45, 2.75) is 13.8 Å². The molecule has 0 radical (unpaired) electrons. The lowest BCUT2D eigenvalue weighted by molar-refractivity contribution is -0.111. The van der Waals surface area contributed by atoms with E-state index in [-0.39, 0.29) is 5.78 Å². The molecule has 0 heterocycles. The molecule has 1 aliphatic rings. The van der Waals surface area contributed by atoms with Crippen LogP contribution < -0.4 is 4.74 Å². The first-order chi connectivity index (χ1) is 10.0. The number of hydrogen-bond acceptors (Lipinski definition) is 5. The van der Waals surface area contributed by atoms with Crippen LogP contribution in [0.5, 0.6) is 5.75 Å². The Hall–Kier alpha value is -2.69. The van der Waals surface area contributed by atoms with Crippen LogP contribution in [0.15, 0.2) is 52.7 Å². The molecular weight excluding hydrogens is 270 g/mol. The van der Waals surface area contributed by atoms with Crippen molar-refractivity contribution >= 4 is 17.5 Å². The number of allylic oxidation sites excluding steroid dienone is 4. The number of ether oxygens (including phenoxy) is 1. The highest BCUT2D eigenvalue weighted by Crippen LogP contribution is 2.14. The summed E-state index contributed by atoms with van der Waals surface area (Å²) in [5.41, 5.74) is 2.05. The normalized spacial score (nSPS) is 16.3. The third-order valence-electron chi connectivity index (χ3n) is 3.05. The average molecular weight is 285 g/mol. The van der Waals surface area contributed by atoms with Crippen molar-refractivity contribution in [1.29, 1.82) is 0 Å². The summed E-state index contributed by atoms with van der Waals surface area (Å²) in [6, 6.07) is 6.52. The number of methoxy groups -OCH3 is 1. The predicted octanol–water partition coefficient (Wildman–Crippen LogP) is 2.68. The van der Waals surface area contributed by atoms with E-state index < -0.39 is 5.97 Å². The molecule has 21 heavy (non-hydrogen) atoms. The van der Waals surface area contributed by atoms with Gasteiger partial charge in [0.25, 0.3) is 0 Å². The molecule has 0 saturated heterocycles. The number of oxime groups is 1. The van der Waals surface area contributed by atoms with E-state index in [1.807, 2.05) is 0 Å². The first kappa shape index (κ1) is 14.7. The summed E-state index contributed by atoms with van der Waals surface area (Å²) in [5.74, 6) is 0.0230. The summed E-state index contributed by atoms with van der Waals surface area (Å²) in [6.07, 6.45) is 3.06. The quantitative estimate of drug-likeness (QED) is 0.486. The monoisotopic (exact) mass is 285 g/mol. The lowest BCUT2D eigenvalue weighted by Crippen LogP contribution is -2.11. The summed E-state index contributed by atoms with van der Waals surface area (Å²) in [6.45, 7) is 3.42. The number of benzene rings is 1. The second kappa shape index (κ2) is 6.17. The Labute approximate surface area is 122 Å². The smallest absolute Gasteiger partial charge is 0.365 e. The summed E-state index contributed by atoms with van der Waals surface area (Å²) >= 11 is 0. The van der Waals surface area contributed by atoms with Crippen molar-refractivity contribution in [3.63, 3.8) is 0 Å². The van der Waals surface area contributed by atoms with Crippen molar-refractivity contribution in [3.8, 4) is 5.75 Å². The van der Waals surface area contributed by atoms with E-state index in [1.165, 1.54) is 6.08 Å². The van der Waals surface area contributed by atoms with Crippen molar-refractivity contribution in [2.24, 2.45) is 5.16 Å².